The van der Waals surface area contributed by atoms with Gasteiger partial charge in [0.25, 0.3) is 10.0 Å². The van der Waals surface area contributed by atoms with Gasteiger partial charge in [-0.25, -0.2) is 13.2 Å². The SMILES string of the molecule is COc1ccc(S(=O)(=O)Nc2ccc(N3CCN(CCC#N)CC3)c(C(=O)O)c2)cc1. The molecule has 2 aromatic carbocycles. The second-order valence-electron chi connectivity index (χ2n) is 7.05. The zero-order valence-electron chi connectivity index (χ0n) is 17.1. The molecule has 0 atom stereocenters. The summed E-state index contributed by atoms with van der Waals surface area (Å²) in [6, 6.07) is 12.6. The number of piperazine rings is 1. The highest BCUT2D eigenvalue weighted by Gasteiger charge is 2.23. The molecule has 0 aliphatic carbocycles. The average Bonchev–Trinajstić information content (AvgIpc) is 2.78. The number of hydrogen-bond donors (Lipinski definition) is 2. The second kappa shape index (κ2) is 9.68. The predicted octanol–water partition coefficient (Wildman–Crippen LogP) is 2.23. The first-order valence-electron chi connectivity index (χ1n) is 9.72. The summed E-state index contributed by atoms with van der Waals surface area (Å²) in [5.74, 6) is -0.600. The van der Waals surface area contributed by atoms with Crippen LogP contribution in [0.15, 0.2) is 47.4 Å². The van der Waals surface area contributed by atoms with Crippen molar-refractivity contribution in [3.05, 3.63) is 48.0 Å². The van der Waals surface area contributed by atoms with E-state index in [9.17, 15) is 18.3 Å². The Balaban J connectivity index is 1.77. The molecule has 0 saturated carbocycles. The molecule has 1 aliphatic rings. The van der Waals surface area contributed by atoms with Gasteiger partial charge in [0.05, 0.1) is 29.3 Å². The number of benzene rings is 2. The van der Waals surface area contributed by atoms with Crippen molar-refractivity contribution in [1.29, 1.82) is 5.26 Å². The molecule has 0 radical (unpaired) electrons. The Kier molecular flexibility index (Phi) is 6.99. The number of methoxy groups -OCH3 is 1. The Bertz CT molecular complexity index is 1070. The standard InChI is InChI=1S/C21H24N4O5S/c1-30-17-4-6-18(7-5-17)31(28,29)23-16-3-8-20(19(15-16)21(26)27)25-13-11-24(12-14-25)10-2-9-22/h3-8,15,23H,2,10-14H2,1H3,(H,26,27). The van der Waals surface area contributed by atoms with Gasteiger partial charge in [-0.2, -0.15) is 5.26 Å². The van der Waals surface area contributed by atoms with E-state index in [2.05, 4.69) is 15.7 Å². The molecular formula is C21H24N4O5S. The van der Waals surface area contributed by atoms with Gasteiger partial charge in [-0.3, -0.25) is 9.62 Å². The first-order valence-corrected chi connectivity index (χ1v) is 11.2. The lowest BCUT2D eigenvalue weighted by molar-refractivity contribution is 0.0697. The zero-order valence-corrected chi connectivity index (χ0v) is 17.9. The first kappa shape index (κ1) is 22.4. The first-order chi connectivity index (χ1) is 14.8. The number of ether oxygens (including phenoxy) is 1. The average molecular weight is 445 g/mol. The molecule has 0 spiro atoms. The molecule has 164 valence electrons. The van der Waals surface area contributed by atoms with E-state index in [0.29, 0.717) is 37.5 Å². The van der Waals surface area contributed by atoms with Crippen molar-refractivity contribution in [1.82, 2.24) is 4.90 Å². The van der Waals surface area contributed by atoms with Gasteiger partial charge in [0, 0.05) is 44.8 Å². The second-order valence-corrected chi connectivity index (χ2v) is 8.74. The van der Waals surface area contributed by atoms with Crippen LogP contribution in [-0.2, 0) is 10.0 Å². The molecule has 1 heterocycles. The largest absolute Gasteiger partial charge is 0.497 e. The summed E-state index contributed by atoms with van der Waals surface area (Å²) in [6.45, 7) is 3.41. The molecule has 2 aromatic rings. The molecule has 31 heavy (non-hydrogen) atoms. The summed E-state index contributed by atoms with van der Waals surface area (Å²) < 4.78 is 32.8. The molecule has 1 aliphatic heterocycles. The molecular weight excluding hydrogens is 420 g/mol. The highest BCUT2D eigenvalue weighted by atomic mass is 32.2. The van der Waals surface area contributed by atoms with Crippen LogP contribution in [0.4, 0.5) is 11.4 Å². The lowest BCUT2D eigenvalue weighted by atomic mass is 10.1. The molecule has 1 saturated heterocycles. The van der Waals surface area contributed by atoms with Gasteiger partial charge in [-0.05, 0) is 42.5 Å². The Morgan fingerprint density at radius 3 is 2.42 bits per heavy atom. The number of sulfonamides is 1. The summed E-state index contributed by atoms with van der Waals surface area (Å²) in [5.41, 5.74) is 0.741. The Morgan fingerprint density at radius 1 is 1.16 bits per heavy atom. The van der Waals surface area contributed by atoms with E-state index in [0.717, 1.165) is 13.1 Å². The molecule has 0 aromatic heterocycles. The van der Waals surface area contributed by atoms with Gasteiger partial charge in [0.1, 0.15) is 5.75 Å². The quantitative estimate of drug-likeness (QED) is 0.635. The number of aromatic carboxylic acids is 1. The maximum Gasteiger partial charge on any atom is 0.337 e. The normalized spacial score (nSPS) is 14.6. The molecule has 0 bridgehead atoms. The summed E-state index contributed by atoms with van der Waals surface area (Å²) in [4.78, 5) is 16.0. The smallest absolute Gasteiger partial charge is 0.337 e. The lowest BCUT2D eigenvalue weighted by Gasteiger charge is -2.36. The van der Waals surface area contributed by atoms with Gasteiger partial charge >= 0.3 is 5.97 Å². The van der Waals surface area contributed by atoms with Crippen molar-refractivity contribution in [3.8, 4) is 11.8 Å². The van der Waals surface area contributed by atoms with Gasteiger partial charge in [0.2, 0.25) is 0 Å². The van der Waals surface area contributed by atoms with Gasteiger partial charge in [-0.1, -0.05) is 0 Å². The van der Waals surface area contributed by atoms with Gasteiger partial charge in [-0.15, -0.1) is 0 Å². The minimum absolute atomic E-state index is 0.0282. The Labute approximate surface area is 181 Å². The van der Waals surface area contributed by atoms with E-state index >= 15 is 0 Å². The number of hydrogen-bond acceptors (Lipinski definition) is 7. The number of carbonyl (C=O) groups is 1. The minimum Gasteiger partial charge on any atom is -0.497 e. The summed E-state index contributed by atoms with van der Waals surface area (Å²) in [5, 5.41) is 18.4. The van der Waals surface area contributed by atoms with Crippen LogP contribution in [0.5, 0.6) is 5.75 Å². The van der Waals surface area contributed by atoms with Crippen LogP contribution in [0, 0.1) is 11.3 Å². The fourth-order valence-electron chi connectivity index (χ4n) is 3.44. The number of rotatable bonds is 8. The van der Waals surface area contributed by atoms with Crippen LogP contribution in [0.25, 0.3) is 0 Å². The van der Waals surface area contributed by atoms with E-state index in [1.165, 1.54) is 37.4 Å². The Morgan fingerprint density at radius 2 is 1.84 bits per heavy atom. The number of nitriles is 1. The maximum atomic E-state index is 12.7. The van der Waals surface area contributed by atoms with E-state index in [-0.39, 0.29) is 16.1 Å². The number of carboxylic acids is 1. The van der Waals surface area contributed by atoms with Crippen LogP contribution in [0.3, 0.4) is 0 Å². The molecule has 10 heteroatoms. The van der Waals surface area contributed by atoms with Crippen molar-refractivity contribution in [2.75, 3.05) is 49.5 Å². The molecule has 2 N–H and O–H groups in total. The summed E-state index contributed by atoms with van der Waals surface area (Å²) >= 11 is 0. The molecule has 1 fully saturated rings. The van der Waals surface area contributed by atoms with E-state index in [1.54, 1.807) is 12.1 Å². The Hall–Kier alpha value is -3.29. The molecule has 3 rings (SSSR count). The van der Waals surface area contributed by atoms with Crippen molar-refractivity contribution in [2.45, 2.75) is 11.3 Å². The number of anilines is 2. The van der Waals surface area contributed by atoms with E-state index < -0.39 is 16.0 Å². The van der Waals surface area contributed by atoms with Crippen LogP contribution in [0.1, 0.15) is 16.8 Å². The van der Waals surface area contributed by atoms with Crippen LogP contribution in [-0.4, -0.2) is 64.2 Å². The molecule has 9 nitrogen and oxygen atoms in total. The number of nitrogens with zero attached hydrogens (tertiary/aromatic N) is 3. The summed E-state index contributed by atoms with van der Waals surface area (Å²) in [7, 11) is -2.39. The third-order valence-corrected chi connectivity index (χ3v) is 6.50. The predicted molar refractivity (Wildman–Crippen MR) is 116 cm³/mol. The van der Waals surface area contributed by atoms with Crippen molar-refractivity contribution >= 4 is 27.4 Å². The fraction of sp³-hybridized carbons (Fsp3) is 0.333. The highest BCUT2D eigenvalue weighted by molar-refractivity contribution is 7.92. The van der Waals surface area contributed by atoms with E-state index in [4.69, 9.17) is 10.00 Å². The molecule has 0 unspecified atom stereocenters. The summed E-state index contributed by atoms with van der Waals surface area (Å²) in [6.07, 6.45) is 0.462. The van der Waals surface area contributed by atoms with Crippen LogP contribution in [0.2, 0.25) is 0 Å². The minimum atomic E-state index is -3.88. The number of carboxylic acid groups (broad SMARTS) is 1. The topological polar surface area (TPSA) is 123 Å². The number of nitrogens with one attached hydrogen (secondary N) is 1. The third-order valence-electron chi connectivity index (χ3n) is 5.10. The van der Waals surface area contributed by atoms with Crippen molar-refractivity contribution in [3.63, 3.8) is 0 Å². The van der Waals surface area contributed by atoms with Crippen LogP contribution >= 0.6 is 0 Å². The van der Waals surface area contributed by atoms with E-state index in [1.807, 2.05) is 4.90 Å². The van der Waals surface area contributed by atoms with Crippen molar-refractivity contribution < 1.29 is 23.1 Å². The zero-order chi connectivity index (χ0) is 22.4. The monoisotopic (exact) mass is 444 g/mol. The molecule has 0 amide bonds. The van der Waals surface area contributed by atoms with Crippen LogP contribution < -0.4 is 14.4 Å². The van der Waals surface area contributed by atoms with Gasteiger partial charge in [0.15, 0.2) is 0 Å². The third kappa shape index (κ3) is 5.45. The van der Waals surface area contributed by atoms with Crippen molar-refractivity contribution in [2.24, 2.45) is 0 Å². The maximum absolute atomic E-state index is 12.7. The fourth-order valence-corrected chi connectivity index (χ4v) is 4.49. The highest BCUT2D eigenvalue weighted by Crippen LogP contribution is 2.27. The van der Waals surface area contributed by atoms with Gasteiger partial charge < -0.3 is 14.7 Å². The lowest BCUT2D eigenvalue weighted by Crippen LogP contribution is -2.47.